The summed E-state index contributed by atoms with van der Waals surface area (Å²) in [5, 5.41) is 3.70. The van der Waals surface area contributed by atoms with Crippen molar-refractivity contribution in [3.63, 3.8) is 0 Å². The molecule has 0 amide bonds. The smallest absolute Gasteiger partial charge is 0.141 e. The van der Waals surface area contributed by atoms with Gasteiger partial charge in [0, 0.05) is 11.6 Å². The van der Waals surface area contributed by atoms with Crippen molar-refractivity contribution in [2.75, 3.05) is 7.11 Å². The van der Waals surface area contributed by atoms with Crippen LogP contribution in [0.25, 0.3) is 0 Å². The lowest BCUT2D eigenvalue weighted by Crippen LogP contribution is -1.99. The maximum absolute atomic E-state index is 13.5. The van der Waals surface area contributed by atoms with Gasteiger partial charge < -0.3 is 4.74 Å². The van der Waals surface area contributed by atoms with E-state index in [9.17, 15) is 4.39 Å². The van der Waals surface area contributed by atoms with Crippen LogP contribution in [0.1, 0.15) is 22.1 Å². The first-order valence-corrected chi connectivity index (χ1v) is 7.41. The molecule has 1 atom stereocenters. The molecule has 1 nitrogen and oxygen atoms in total. The highest BCUT2D eigenvalue weighted by molar-refractivity contribution is 9.10. The number of aryl methyl sites for hydroxylation is 1. The lowest BCUT2D eigenvalue weighted by molar-refractivity contribution is 0.406. The topological polar surface area (TPSA) is 9.23 Å². The average Bonchev–Trinajstić information content (AvgIpc) is 2.77. The summed E-state index contributed by atoms with van der Waals surface area (Å²) in [5.41, 5.74) is 2.91. The summed E-state index contributed by atoms with van der Waals surface area (Å²) in [6, 6.07) is 3.01. The molecule has 1 aromatic carbocycles. The van der Waals surface area contributed by atoms with E-state index in [4.69, 9.17) is 16.3 Å². The van der Waals surface area contributed by atoms with Crippen molar-refractivity contribution < 1.29 is 9.13 Å². The highest BCUT2D eigenvalue weighted by atomic mass is 79.9. The highest BCUT2D eigenvalue weighted by Crippen LogP contribution is 2.39. The van der Waals surface area contributed by atoms with Gasteiger partial charge in [0.1, 0.15) is 11.6 Å². The van der Waals surface area contributed by atoms with Crippen LogP contribution in [-0.4, -0.2) is 7.11 Å². The van der Waals surface area contributed by atoms with Crippen molar-refractivity contribution in [2.24, 2.45) is 0 Å². The first-order chi connectivity index (χ1) is 8.54. The molecule has 2 aromatic rings. The second-order valence-corrected chi connectivity index (χ2v) is 5.92. The van der Waals surface area contributed by atoms with Gasteiger partial charge in [-0.2, -0.15) is 11.3 Å². The summed E-state index contributed by atoms with van der Waals surface area (Å²) in [4.78, 5) is 0. The number of hydrogen-bond donors (Lipinski definition) is 0. The summed E-state index contributed by atoms with van der Waals surface area (Å²) in [6.45, 7) is 2.01. The molecule has 0 radical (unpaired) electrons. The molecular weight excluding hydrogens is 339 g/mol. The normalized spacial score (nSPS) is 12.5. The van der Waals surface area contributed by atoms with Crippen molar-refractivity contribution in [3.8, 4) is 5.75 Å². The molecule has 5 heteroatoms. The van der Waals surface area contributed by atoms with Crippen molar-refractivity contribution in [3.05, 3.63) is 49.9 Å². The number of methoxy groups -OCH3 is 1. The number of ether oxygens (including phenoxy) is 1. The van der Waals surface area contributed by atoms with Crippen LogP contribution in [-0.2, 0) is 0 Å². The van der Waals surface area contributed by atoms with Crippen LogP contribution < -0.4 is 4.74 Å². The zero-order valence-corrected chi connectivity index (χ0v) is 13.0. The summed E-state index contributed by atoms with van der Waals surface area (Å²) in [6.07, 6.45) is 0. The molecular formula is C13H11BrClFOS. The predicted molar refractivity (Wildman–Crippen MR) is 77.4 cm³/mol. The van der Waals surface area contributed by atoms with E-state index in [2.05, 4.69) is 15.9 Å². The summed E-state index contributed by atoms with van der Waals surface area (Å²) in [5.74, 6) is 0.0998. The molecule has 0 saturated carbocycles. The number of hydrogen-bond acceptors (Lipinski definition) is 2. The molecule has 0 N–H and O–H groups in total. The Kier molecular flexibility index (Phi) is 4.30. The van der Waals surface area contributed by atoms with Gasteiger partial charge in [0.2, 0.25) is 0 Å². The van der Waals surface area contributed by atoms with Crippen LogP contribution in [0, 0.1) is 12.7 Å². The van der Waals surface area contributed by atoms with E-state index < -0.39 is 0 Å². The molecule has 0 saturated heterocycles. The van der Waals surface area contributed by atoms with Gasteiger partial charge in [-0.3, -0.25) is 0 Å². The Morgan fingerprint density at radius 2 is 2.06 bits per heavy atom. The Labute approximate surface area is 123 Å². The van der Waals surface area contributed by atoms with Crippen molar-refractivity contribution in [1.29, 1.82) is 0 Å². The van der Waals surface area contributed by atoms with Gasteiger partial charge in [0.05, 0.1) is 17.0 Å². The van der Waals surface area contributed by atoms with Crippen molar-refractivity contribution in [1.82, 2.24) is 0 Å². The maximum Gasteiger partial charge on any atom is 0.141 e. The monoisotopic (exact) mass is 348 g/mol. The van der Waals surface area contributed by atoms with E-state index >= 15 is 0 Å². The summed E-state index contributed by atoms with van der Waals surface area (Å²) in [7, 11) is 1.51. The number of halogens is 3. The van der Waals surface area contributed by atoms with Crippen LogP contribution in [0.3, 0.4) is 0 Å². The second kappa shape index (κ2) is 5.59. The third kappa shape index (κ3) is 2.56. The Hall–Kier alpha value is -0.580. The molecule has 0 aliphatic carbocycles. The fourth-order valence-corrected chi connectivity index (χ4v) is 3.43. The fraction of sp³-hybridized carbons (Fsp3) is 0.231. The van der Waals surface area contributed by atoms with Gasteiger partial charge in [-0.25, -0.2) is 4.39 Å². The molecule has 0 bridgehead atoms. The molecule has 1 heterocycles. The van der Waals surface area contributed by atoms with Gasteiger partial charge in [0.25, 0.3) is 0 Å². The second-order valence-electron chi connectivity index (χ2n) is 3.88. The molecule has 0 fully saturated rings. The first kappa shape index (κ1) is 13.8. The van der Waals surface area contributed by atoms with E-state index in [1.54, 1.807) is 17.4 Å². The first-order valence-electron chi connectivity index (χ1n) is 5.24. The molecule has 0 aliphatic heterocycles. The fourth-order valence-electron chi connectivity index (χ4n) is 1.72. The largest absolute Gasteiger partial charge is 0.496 e. The number of alkyl halides is 1. The van der Waals surface area contributed by atoms with Crippen LogP contribution in [0.2, 0.25) is 0 Å². The number of benzene rings is 1. The molecule has 1 aromatic heterocycles. The SMILES string of the molecule is COc1cc(F)c(Br)cc1C(Cl)c1cscc1C. The number of rotatable bonds is 3. The van der Waals surface area contributed by atoms with Crippen molar-refractivity contribution in [2.45, 2.75) is 12.3 Å². The molecule has 18 heavy (non-hydrogen) atoms. The van der Waals surface area contributed by atoms with Crippen LogP contribution >= 0.6 is 38.9 Å². The third-order valence-corrected chi connectivity index (χ3v) is 4.67. The Bertz CT molecular complexity index is 570. The third-order valence-electron chi connectivity index (χ3n) is 2.71. The highest BCUT2D eigenvalue weighted by Gasteiger charge is 2.20. The molecule has 1 unspecified atom stereocenters. The van der Waals surface area contributed by atoms with E-state index in [0.29, 0.717) is 10.2 Å². The van der Waals surface area contributed by atoms with Gasteiger partial charge >= 0.3 is 0 Å². The zero-order valence-electron chi connectivity index (χ0n) is 9.84. The molecule has 2 rings (SSSR count). The minimum Gasteiger partial charge on any atom is -0.496 e. The standard InChI is InChI=1S/C13H11BrClFOS/c1-7-5-18-6-9(7)13(15)8-3-10(14)11(16)4-12(8)17-2/h3-6,13H,1-2H3. The number of thiophene rings is 1. The van der Waals surface area contributed by atoms with Gasteiger partial charge in [-0.05, 0) is 50.8 Å². The minimum absolute atomic E-state index is 0.344. The van der Waals surface area contributed by atoms with Crippen molar-refractivity contribution >= 4 is 38.9 Å². The minimum atomic E-state index is -0.360. The van der Waals surface area contributed by atoms with Gasteiger partial charge in [-0.15, -0.1) is 11.6 Å². The lowest BCUT2D eigenvalue weighted by Gasteiger charge is -2.15. The Morgan fingerprint density at radius 3 is 2.61 bits per heavy atom. The van der Waals surface area contributed by atoms with Crippen LogP contribution in [0.5, 0.6) is 5.75 Å². The predicted octanol–water partition coefficient (Wildman–Crippen LogP) is 5.29. The Morgan fingerprint density at radius 1 is 1.33 bits per heavy atom. The maximum atomic E-state index is 13.5. The van der Waals surface area contributed by atoms with Crippen LogP contribution in [0.15, 0.2) is 27.4 Å². The van der Waals surface area contributed by atoms with E-state index in [0.717, 1.165) is 16.7 Å². The van der Waals surface area contributed by atoms with E-state index in [1.165, 1.54) is 13.2 Å². The molecule has 96 valence electrons. The molecule has 0 spiro atoms. The van der Waals surface area contributed by atoms with Gasteiger partial charge in [0.15, 0.2) is 0 Å². The van der Waals surface area contributed by atoms with E-state index in [1.807, 2.05) is 17.7 Å². The lowest BCUT2D eigenvalue weighted by atomic mass is 10.0. The van der Waals surface area contributed by atoms with Crippen LogP contribution in [0.4, 0.5) is 4.39 Å². The Balaban J connectivity index is 2.50. The summed E-state index contributed by atoms with van der Waals surface area (Å²) >= 11 is 11.2. The zero-order chi connectivity index (χ0) is 13.3. The van der Waals surface area contributed by atoms with Gasteiger partial charge in [-0.1, -0.05) is 0 Å². The average molecular weight is 350 g/mol. The summed E-state index contributed by atoms with van der Waals surface area (Å²) < 4.78 is 19.0. The molecule has 0 aliphatic rings. The van der Waals surface area contributed by atoms with E-state index in [-0.39, 0.29) is 11.2 Å². The quantitative estimate of drug-likeness (QED) is 0.684.